The number of aryl methyl sites for hydroxylation is 1. The molecule has 0 aliphatic carbocycles. The fourth-order valence-electron chi connectivity index (χ4n) is 2.01. The van der Waals surface area contributed by atoms with Crippen molar-refractivity contribution >= 4 is 23.1 Å². The van der Waals surface area contributed by atoms with Crippen molar-refractivity contribution in [1.82, 2.24) is 0 Å². The highest BCUT2D eigenvalue weighted by atomic mass is 32.1. The Morgan fingerprint density at radius 3 is 2.61 bits per heavy atom. The van der Waals surface area contributed by atoms with Crippen molar-refractivity contribution in [1.29, 1.82) is 0 Å². The number of carbonyl (C=O) groups excluding carboxylic acids is 2. The Morgan fingerprint density at radius 1 is 1.17 bits per heavy atom. The van der Waals surface area contributed by atoms with Crippen molar-refractivity contribution in [3.8, 4) is 5.75 Å². The molecule has 122 valence electrons. The third-order valence-corrected chi connectivity index (χ3v) is 4.24. The Labute approximate surface area is 137 Å². The van der Waals surface area contributed by atoms with Crippen LogP contribution in [0.2, 0.25) is 0 Å². The van der Waals surface area contributed by atoms with Crippen LogP contribution in [0, 0.1) is 12.7 Å². The van der Waals surface area contributed by atoms with E-state index in [1.54, 1.807) is 6.07 Å². The lowest BCUT2D eigenvalue weighted by Gasteiger charge is -2.09. The van der Waals surface area contributed by atoms with Crippen LogP contribution in [-0.4, -0.2) is 18.9 Å². The third-order valence-electron chi connectivity index (χ3n) is 3.20. The number of methoxy groups -OCH3 is 1. The maximum atomic E-state index is 13.2. The van der Waals surface area contributed by atoms with E-state index >= 15 is 0 Å². The van der Waals surface area contributed by atoms with Gasteiger partial charge in [0.1, 0.15) is 18.2 Å². The number of ketones is 1. The second kappa shape index (κ2) is 7.87. The van der Waals surface area contributed by atoms with Crippen LogP contribution in [0.25, 0.3) is 0 Å². The lowest BCUT2D eigenvalue weighted by Crippen LogP contribution is -2.08. The van der Waals surface area contributed by atoms with Crippen molar-refractivity contribution in [3.63, 3.8) is 0 Å². The van der Waals surface area contributed by atoms with Crippen molar-refractivity contribution < 1.29 is 23.5 Å². The minimum atomic E-state index is -0.502. The van der Waals surface area contributed by atoms with Crippen LogP contribution in [-0.2, 0) is 16.1 Å². The number of ether oxygens (including phenoxy) is 2. The molecule has 0 radical (unpaired) electrons. The standard InChI is InChI=1S/C17H17FO4S/c1-11-3-7-16(23-11)14(19)5-8-17(20)22-10-12-9-13(18)4-6-15(12)21-2/h3-4,6-7,9H,5,8,10H2,1-2H3. The molecule has 0 aliphatic heterocycles. The van der Waals surface area contributed by atoms with E-state index in [0.29, 0.717) is 16.2 Å². The molecule has 1 aromatic heterocycles. The normalized spacial score (nSPS) is 10.4. The van der Waals surface area contributed by atoms with Crippen LogP contribution in [0.5, 0.6) is 5.75 Å². The minimum Gasteiger partial charge on any atom is -0.496 e. The predicted molar refractivity (Wildman–Crippen MR) is 85.4 cm³/mol. The highest BCUT2D eigenvalue weighted by molar-refractivity contribution is 7.14. The fraction of sp³-hybridized carbons (Fsp3) is 0.294. The van der Waals surface area contributed by atoms with Gasteiger partial charge in [0, 0.05) is 16.9 Å². The van der Waals surface area contributed by atoms with Gasteiger partial charge in [0.05, 0.1) is 18.4 Å². The summed E-state index contributed by atoms with van der Waals surface area (Å²) in [6.07, 6.45) is 0.0898. The molecule has 2 rings (SSSR count). The predicted octanol–water partition coefficient (Wildman–Crippen LogP) is 3.91. The molecule has 1 heterocycles. The lowest BCUT2D eigenvalue weighted by atomic mass is 10.2. The molecule has 0 atom stereocenters. The third kappa shape index (κ3) is 4.89. The lowest BCUT2D eigenvalue weighted by molar-refractivity contribution is -0.144. The molecular weight excluding hydrogens is 319 g/mol. The monoisotopic (exact) mass is 336 g/mol. The quantitative estimate of drug-likeness (QED) is 0.568. The molecule has 0 amide bonds. The van der Waals surface area contributed by atoms with Gasteiger partial charge in [-0.25, -0.2) is 4.39 Å². The SMILES string of the molecule is COc1ccc(F)cc1COC(=O)CCC(=O)c1ccc(C)s1. The van der Waals surface area contributed by atoms with Crippen LogP contribution >= 0.6 is 11.3 Å². The molecule has 6 heteroatoms. The Hall–Kier alpha value is -2.21. The Kier molecular flexibility index (Phi) is 5.87. The highest BCUT2D eigenvalue weighted by Crippen LogP contribution is 2.21. The first kappa shape index (κ1) is 17.1. The van der Waals surface area contributed by atoms with Gasteiger partial charge in [0.25, 0.3) is 0 Å². The van der Waals surface area contributed by atoms with E-state index in [1.165, 1.54) is 36.6 Å². The maximum Gasteiger partial charge on any atom is 0.306 e. The number of Topliss-reactive ketones (excluding diaryl/α,β-unsaturated/α-hetero) is 1. The summed E-state index contributed by atoms with van der Waals surface area (Å²) in [5.74, 6) is -0.564. The topological polar surface area (TPSA) is 52.6 Å². The van der Waals surface area contributed by atoms with E-state index in [-0.39, 0.29) is 25.2 Å². The van der Waals surface area contributed by atoms with Crippen LogP contribution < -0.4 is 4.74 Å². The van der Waals surface area contributed by atoms with Gasteiger partial charge < -0.3 is 9.47 Å². The van der Waals surface area contributed by atoms with Gasteiger partial charge in [-0.3, -0.25) is 9.59 Å². The van der Waals surface area contributed by atoms with Crippen LogP contribution in [0.15, 0.2) is 30.3 Å². The molecule has 0 aliphatic rings. The molecule has 23 heavy (non-hydrogen) atoms. The van der Waals surface area contributed by atoms with E-state index in [1.807, 2.05) is 13.0 Å². The number of benzene rings is 1. The summed E-state index contributed by atoms with van der Waals surface area (Å²) in [6.45, 7) is 1.83. The average molecular weight is 336 g/mol. The largest absolute Gasteiger partial charge is 0.496 e. The van der Waals surface area contributed by atoms with Gasteiger partial charge in [-0.15, -0.1) is 11.3 Å². The second-order valence-electron chi connectivity index (χ2n) is 4.95. The Balaban J connectivity index is 1.83. The first-order valence-corrected chi connectivity index (χ1v) is 7.89. The fourth-order valence-corrected chi connectivity index (χ4v) is 2.85. The Bertz CT molecular complexity index is 708. The van der Waals surface area contributed by atoms with Gasteiger partial charge in [0.2, 0.25) is 0 Å². The zero-order valence-corrected chi connectivity index (χ0v) is 13.7. The number of hydrogen-bond acceptors (Lipinski definition) is 5. The zero-order valence-electron chi connectivity index (χ0n) is 12.9. The molecule has 0 spiro atoms. The van der Waals surface area contributed by atoms with Gasteiger partial charge in [-0.05, 0) is 37.3 Å². The summed E-state index contributed by atoms with van der Waals surface area (Å²) >= 11 is 1.40. The maximum absolute atomic E-state index is 13.2. The molecule has 0 saturated heterocycles. The van der Waals surface area contributed by atoms with E-state index in [4.69, 9.17) is 9.47 Å². The summed E-state index contributed by atoms with van der Waals surface area (Å²) in [6, 6.07) is 7.62. The number of carbonyl (C=O) groups is 2. The van der Waals surface area contributed by atoms with E-state index in [2.05, 4.69) is 0 Å². The molecule has 0 saturated carbocycles. The number of rotatable bonds is 7. The summed E-state index contributed by atoms with van der Waals surface area (Å²) in [5.41, 5.74) is 0.445. The number of thiophene rings is 1. The first-order valence-electron chi connectivity index (χ1n) is 7.07. The van der Waals surface area contributed by atoms with Gasteiger partial charge >= 0.3 is 5.97 Å². The molecule has 2 aromatic rings. The molecule has 4 nitrogen and oxygen atoms in total. The van der Waals surface area contributed by atoms with E-state index in [9.17, 15) is 14.0 Å². The summed E-state index contributed by atoms with van der Waals surface area (Å²) in [5, 5.41) is 0. The van der Waals surface area contributed by atoms with E-state index < -0.39 is 11.8 Å². The van der Waals surface area contributed by atoms with Crippen LogP contribution in [0.3, 0.4) is 0 Å². The highest BCUT2D eigenvalue weighted by Gasteiger charge is 2.13. The molecule has 0 bridgehead atoms. The smallest absolute Gasteiger partial charge is 0.306 e. The second-order valence-corrected chi connectivity index (χ2v) is 6.24. The van der Waals surface area contributed by atoms with Crippen molar-refractivity contribution in [3.05, 3.63) is 51.5 Å². The number of halogens is 1. The van der Waals surface area contributed by atoms with Crippen LogP contribution in [0.1, 0.15) is 33.0 Å². The van der Waals surface area contributed by atoms with Crippen molar-refractivity contribution in [2.45, 2.75) is 26.4 Å². The molecular formula is C17H17FO4S. The van der Waals surface area contributed by atoms with Gasteiger partial charge in [-0.1, -0.05) is 0 Å². The summed E-state index contributed by atoms with van der Waals surface area (Å²) in [4.78, 5) is 25.3. The van der Waals surface area contributed by atoms with Gasteiger partial charge in [0.15, 0.2) is 5.78 Å². The van der Waals surface area contributed by atoms with E-state index in [0.717, 1.165) is 4.88 Å². The van der Waals surface area contributed by atoms with Crippen molar-refractivity contribution in [2.75, 3.05) is 7.11 Å². The van der Waals surface area contributed by atoms with Gasteiger partial charge in [-0.2, -0.15) is 0 Å². The van der Waals surface area contributed by atoms with Crippen molar-refractivity contribution in [2.24, 2.45) is 0 Å². The molecule has 0 N–H and O–H groups in total. The first-order chi connectivity index (χ1) is 11.0. The summed E-state index contributed by atoms with van der Waals surface area (Å²) in [7, 11) is 1.46. The average Bonchev–Trinajstić information content (AvgIpc) is 2.97. The van der Waals surface area contributed by atoms with Crippen LogP contribution in [0.4, 0.5) is 4.39 Å². The Morgan fingerprint density at radius 2 is 1.96 bits per heavy atom. The number of esters is 1. The molecule has 0 fully saturated rings. The minimum absolute atomic E-state index is 0.00654. The zero-order chi connectivity index (χ0) is 16.8. The molecule has 1 aromatic carbocycles. The number of hydrogen-bond donors (Lipinski definition) is 0. The molecule has 0 unspecified atom stereocenters. The summed E-state index contributed by atoms with van der Waals surface area (Å²) < 4.78 is 23.4.